The van der Waals surface area contributed by atoms with Crippen LogP contribution < -0.4 is 5.73 Å². The molecule has 0 saturated carbocycles. The van der Waals surface area contributed by atoms with Gasteiger partial charge in [0.2, 0.25) is 0 Å². The molecule has 0 aliphatic heterocycles. The Kier molecular flexibility index (Phi) is 39.9. The lowest BCUT2D eigenvalue weighted by molar-refractivity contribution is -0.161. The number of hydrogen-bond acceptors (Lipinski definition) is 9. The number of carbonyl (C=O) groups excluding carboxylic acids is 2. The highest BCUT2D eigenvalue weighted by Gasteiger charge is 2.28. The fraction of sp³-hybridized carbons (Fsp3) is 0.723. The molecular weight excluding hydrogens is 769 g/mol. The van der Waals surface area contributed by atoms with Crippen LogP contribution in [0.3, 0.4) is 0 Å². The van der Waals surface area contributed by atoms with E-state index in [1.54, 1.807) is 0 Å². The Labute approximate surface area is 357 Å². The lowest BCUT2D eigenvalue weighted by Crippen LogP contribution is -2.34. The van der Waals surface area contributed by atoms with Gasteiger partial charge in [-0.05, 0) is 77.0 Å². The third-order valence-electron chi connectivity index (χ3n) is 9.50. The minimum Gasteiger partial charge on any atom is -0.480 e. The van der Waals surface area contributed by atoms with Crippen LogP contribution in [0.2, 0.25) is 0 Å². The van der Waals surface area contributed by atoms with E-state index in [1.165, 1.54) is 70.6 Å². The molecule has 0 bridgehead atoms. The molecule has 12 heteroatoms. The molecule has 0 aliphatic rings. The molecular formula is C47H82NO10P. The van der Waals surface area contributed by atoms with Crippen molar-refractivity contribution in [2.45, 2.75) is 199 Å². The quantitative estimate of drug-likeness (QED) is 0.0231. The number of aliphatic carboxylic acids is 1. The van der Waals surface area contributed by atoms with Gasteiger partial charge in [0.1, 0.15) is 12.6 Å². The van der Waals surface area contributed by atoms with Gasteiger partial charge in [0.15, 0.2) is 6.10 Å². The van der Waals surface area contributed by atoms with Gasteiger partial charge in [-0.3, -0.25) is 23.4 Å². The minimum absolute atomic E-state index is 0.130. The average Bonchev–Trinajstić information content (AvgIpc) is 3.21. The number of hydrogen-bond donors (Lipinski definition) is 3. The molecule has 3 unspecified atom stereocenters. The van der Waals surface area contributed by atoms with Gasteiger partial charge in [-0.2, -0.15) is 0 Å². The van der Waals surface area contributed by atoms with Crippen molar-refractivity contribution in [2.75, 3.05) is 19.8 Å². The first-order valence-electron chi connectivity index (χ1n) is 22.8. The number of phosphoric acid groups is 1. The number of carboxylic acid groups (broad SMARTS) is 1. The molecule has 0 heterocycles. The third-order valence-corrected chi connectivity index (χ3v) is 10.5. The van der Waals surface area contributed by atoms with E-state index in [-0.39, 0.29) is 19.4 Å². The molecule has 0 radical (unpaired) electrons. The molecule has 0 rings (SSSR count). The van der Waals surface area contributed by atoms with Crippen LogP contribution in [0.15, 0.2) is 60.8 Å². The van der Waals surface area contributed by atoms with E-state index in [0.29, 0.717) is 12.8 Å². The standard InChI is InChI=1S/C47H82NO10P/c1-3-5-7-9-11-13-15-17-19-21-23-24-26-28-30-32-34-36-38-45(49)55-40-43(41-56-59(53,54)57-42-44(48)47(51)52)58-46(50)39-37-35-33-31-29-27-25-22-20-18-16-14-12-10-8-6-4-2/h6,8,12,14,18-21,25,27,43-44H,3-5,7,9-11,13,15-17,22-24,26,28-42,48H2,1-2H3,(H,51,52)(H,53,54)/b8-6-,14-12-,20-18-,21-19-,27-25-. The molecule has 0 fully saturated rings. The smallest absolute Gasteiger partial charge is 0.472 e. The van der Waals surface area contributed by atoms with Crippen LogP contribution in [-0.4, -0.2) is 59.9 Å². The van der Waals surface area contributed by atoms with Crippen molar-refractivity contribution in [2.24, 2.45) is 5.73 Å². The number of nitrogens with two attached hydrogens (primary N) is 1. The van der Waals surface area contributed by atoms with Gasteiger partial charge in [0.05, 0.1) is 13.2 Å². The molecule has 59 heavy (non-hydrogen) atoms. The number of allylic oxidation sites excluding steroid dienone is 10. The summed E-state index contributed by atoms with van der Waals surface area (Å²) < 4.78 is 32.7. The Morgan fingerprint density at radius 2 is 0.949 bits per heavy atom. The molecule has 3 atom stereocenters. The van der Waals surface area contributed by atoms with E-state index in [4.69, 9.17) is 24.8 Å². The monoisotopic (exact) mass is 852 g/mol. The van der Waals surface area contributed by atoms with Crippen molar-refractivity contribution in [1.82, 2.24) is 0 Å². The van der Waals surface area contributed by atoms with Gasteiger partial charge in [-0.1, -0.05) is 158 Å². The van der Waals surface area contributed by atoms with Crippen molar-refractivity contribution >= 4 is 25.7 Å². The summed E-state index contributed by atoms with van der Waals surface area (Å²) in [5, 5.41) is 8.90. The summed E-state index contributed by atoms with van der Waals surface area (Å²) in [7, 11) is -4.73. The second-order valence-electron chi connectivity index (χ2n) is 15.1. The molecule has 0 aromatic rings. The minimum atomic E-state index is -4.73. The molecule has 0 saturated heterocycles. The van der Waals surface area contributed by atoms with Gasteiger partial charge in [-0.15, -0.1) is 0 Å². The molecule has 0 aliphatic carbocycles. The summed E-state index contributed by atoms with van der Waals surface area (Å²) >= 11 is 0. The SMILES string of the molecule is CC/C=C\C/C=C\C/C=C\C/C=C\CCCCCCC(=O)OC(COC(=O)CCCCCCCCC/C=C\CCCCCCCCC)COP(=O)(O)OCC(N)C(=O)O. The Balaban J connectivity index is 4.38. The first-order chi connectivity index (χ1) is 28.6. The highest BCUT2D eigenvalue weighted by atomic mass is 31.2. The number of rotatable bonds is 42. The summed E-state index contributed by atoms with van der Waals surface area (Å²) in [6.07, 6.45) is 48.5. The highest BCUT2D eigenvalue weighted by molar-refractivity contribution is 7.47. The van der Waals surface area contributed by atoms with Crippen LogP contribution >= 0.6 is 7.82 Å². The van der Waals surface area contributed by atoms with Gasteiger partial charge in [-0.25, -0.2) is 4.57 Å². The summed E-state index contributed by atoms with van der Waals surface area (Å²) in [6.45, 7) is 2.66. The maximum atomic E-state index is 12.6. The number of carbonyl (C=O) groups is 3. The van der Waals surface area contributed by atoms with Gasteiger partial charge < -0.3 is 25.2 Å². The van der Waals surface area contributed by atoms with E-state index in [9.17, 15) is 23.8 Å². The lowest BCUT2D eigenvalue weighted by atomic mass is 10.1. The van der Waals surface area contributed by atoms with Gasteiger partial charge in [0, 0.05) is 12.8 Å². The van der Waals surface area contributed by atoms with E-state index < -0.39 is 51.1 Å². The normalized spacial score (nSPS) is 14.2. The fourth-order valence-electron chi connectivity index (χ4n) is 5.93. The maximum absolute atomic E-state index is 12.6. The molecule has 0 spiro atoms. The Morgan fingerprint density at radius 1 is 0.542 bits per heavy atom. The Bertz CT molecular complexity index is 1230. The zero-order valence-electron chi connectivity index (χ0n) is 36.8. The van der Waals surface area contributed by atoms with Crippen LogP contribution in [0, 0.1) is 0 Å². The van der Waals surface area contributed by atoms with Crippen molar-refractivity contribution < 1.29 is 47.5 Å². The van der Waals surface area contributed by atoms with Gasteiger partial charge >= 0.3 is 25.7 Å². The predicted molar refractivity (Wildman–Crippen MR) is 240 cm³/mol. The summed E-state index contributed by atoms with van der Waals surface area (Å²) in [5.41, 5.74) is 5.34. The summed E-state index contributed by atoms with van der Waals surface area (Å²) in [4.78, 5) is 46.0. The first kappa shape index (κ1) is 56.2. The molecule has 0 aromatic carbocycles. The van der Waals surface area contributed by atoms with Crippen molar-refractivity contribution in [3.05, 3.63) is 60.8 Å². The van der Waals surface area contributed by atoms with Crippen molar-refractivity contribution in [3.8, 4) is 0 Å². The Hall–Kier alpha value is -2.82. The molecule has 11 nitrogen and oxygen atoms in total. The van der Waals surface area contributed by atoms with Crippen LogP contribution in [0.25, 0.3) is 0 Å². The van der Waals surface area contributed by atoms with Crippen LogP contribution in [-0.2, 0) is 37.5 Å². The second kappa shape index (κ2) is 41.9. The third kappa shape index (κ3) is 41.7. The summed E-state index contributed by atoms with van der Waals surface area (Å²) in [5.74, 6) is -2.42. The zero-order valence-corrected chi connectivity index (χ0v) is 37.7. The number of ether oxygens (including phenoxy) is 2. The fourth-order valence-corrected chi connectivity index (χ4v) is 6.71. The van der Waals surface area contributed by atoms with Crippen LogP contribution in [0.4, 0.5) is 0 Å². The van der Waals surface area contributed by atoms with Crippen molar-refractivity contribution in [3.63, 3.8) is 0 Å². The average molecular weight is 852 g/mol. The van der Waals surface area contributed by atoms with E-state index in [0.717, 1.165) is 77.0 Å². The number of phosphoric ester groups is 1. The second-order valence-corrected chi connectivity index (χ2v) is 16.6. The molecule has 340 valence electrons. The molecule has 0 aromatic heterocycles. The van der Waals surface area contributed by atoms with E-state index in [1.807, 2.05) is 0 Å². The lowest BCUT2D eigenvalue weighted by Gasteiger charge is -2.20. The van der Waals surface area contributed by atoms with Crippen molar-refractivity contribution in [1.29, 1.82) is 0 Å². The van der Waals surface area contributed by atoms with Gasteiger partial charge in [0.25, 0.3) is 0 Å². The van der Waals surface area contributed by atoms with E-state index >= 15 is 0 Å². The predicted octanol–water partition coefficient (Wildman–Crippen LogP) is 12.3. The highest BCUT2D eigenvalue weighted by Crippen LogP contribution is 2.43. The topological polar surface area (TPSA) is 172 Å². The largest absolute Gasteiger partial charge is 0.480 e. The van der Waals surface area contributed by atoms with E-state index in [2.05, 4.69) is 79.1 Å². The molecule has 4 N–H and O–H groups in total. The first-order valence-corrected chi connectivity index (χ1v) is 24.3. The maximum Gasteiger partial charge on any atom is 0.472 e. The zero-order chi connectivity index (χ0) is 43.5. The molecule has 0 amide bonds. The summed E-state index contributed by atoms with van der Waals surface area (Å²) in [6, 6.07) is -1.53. The van der Waals surface area contributed by atoms with Crippen LogP contribution in [0.5, 0.6) is 0 Å². The Morgan fingerprint density at radius 3 is 1.44 bits per heavy atom. The number of unbranched alkanes of at least 4 members (excludes halogenated alkanes) is 18. The number of esters is 2. The number of carboxylic acids is 1. The van der Waals surface area contributed by atoms with Crippen LogP contribution in [0.1, 0.15) is 187 Å².